The Kier molecular flexibility index (Phi) is 8.35. The van der Waals surface area contributed by atoms with E-state index in [2.05, 4.69) is 14.6 Å². The lowest BCUT2D eigenvalue weighted by Crippen LogP contribution is -2.21. The van der Waals surface area contributed by atoms with E-state index in [1.165, 1.54) is 13.8 Å². The number of sulfonamides is 1. The molecule has 0 aromatic heterocycles. The summed E-state index contributed by atoms with van der Waals surface area (Å²) in [6.45, 7) is 3.54. The molecule has 0 aliphatic carbocycles. The van der Waals surface area contributed by atoms with Gasteiger partial charge >= 0.3 is 12.1 Å². The molecule has 0 fully saturated rings. The van der Waals surface area contributed by atoms with Crippen molar-refractivity contribution in [3.8, 4) is 6.07 Å². The number of rotatable bonds is 8. The van der Waals surface area contributed by atoms with Crippen molar-refractivity contribution in [2.24, 2.45) is 5.10 Å². The Morgan fingerprint density at radius 2 is 1.93 bits per heavy atom. The molecule has 1 rings (SSSR count). The second kappa shape index (κ2) is 10.1. The number of carbonyl (C=O) groups is 1. The first-order chi connectivity index (χ1) is 13.8. The highest BCUT2D eigenvalue weighted by Gasteiger charge is 2.36. The Morgan fingerprint density at radius 3 is 2.43 bits per heavy atom. The Labute approximate surface area is 170 Å². The highest BCUT2D eigenvalue weighted by atomic mass is 32.2. The maximum atomic E-state index is 14.2. The normalized spacial score (nSPS) is 12.9. The van der Waals surface area contributed by atoms with E-state index < -0.39 is 45.0 Å². The van der Waals surface area contributed by atoms with Gasteiger partial charge in [-0.05, 0) is 32.9 Å². The number of hydrogen-bond acceptors (Lipinski definition) is 7. The molecule has 1 aromatic carbocycles. The fourth-order valence-electron chi connectivity index (χ4n) is 1.97. The number of alkyl halides is 3. The predicted octanol–water partition coefficient (Wildman–Crippen LogP) is 3.30. The minimum Gasteiger partial charge on any atom is -0.463 e. The molecule has 0 unspecified atom stereocenters. The average molecular weight is 450 g/mol. The quantitative estimate of drug-likeness (QED) is 0.206. The lowest BCUT2D eigenvalue weighted by atomic mass is 10.1. The third-order valence-electron chi connectivity index (χ3n) is 3.46. The van der Waals surface area contributed by atoms with Crippen LogP contribution in [0.2, 0.25) is 0 Å². The third-order valence-corrected chi connectivity index (χ3v) is 4.75. The first-order valence-corrected chi connectivity index (χ1v) is 10.00. The van der Waals surface area contributed by atoms with Crippen LogP contribution in [0.1, 0.15) is 26.3 Å². The maximum Gasteiger partial charge on any atom is 0.418 e. The van der Waals surface area contributed by atoms with Crippen molar-refractivity contribution in [2.45, 2.75) is 26.9 Å². The molecule has 0 saturated carbocycles. The number of halogens is 4. The van der Waals surface area contributed by atoms with Gasteiger partial charge in [0.15, 0.2) is 0 Å². The second-order valence-corrected chi connectivity index (χ2v) is 7.62. The molecule has 0 aliphatic heterocycles. The molecule has 0 heterocycles. The van der Waals surface area contributed by atoms with Crippen LogP contribution in [0.5, 0.6) is 0 Å². The van der Waals surface area contributed by atoms with E-state index >= 15 is 0 Å². The first-order valence-electron chi connectivity index (χ1n) is 8.35. The summed E-state index contributed by atoms with van der Waals surface area (Å²) in [7, 11) is -3.81. The van der Waals surface area contributed by atoms with Gasteiger partial charge in [-0.1, -0.05) is 0 Å². The molecule has 0 spiro atoms. The summed E-state index contributed by atoms with van der Waals surface area (Å²) in [6, 6.07) is 3.18. The van der Waals surface area contributed by atoms with E-state index in [-0.39, 0.29) is 29.7 Å². The highest BCUT2D eigenvalue weighted by molar-refractivity contribution is 7.92. The van der Waals surface area contributed by atoms with E-state index in [1.54, 1.807) is 6.07 Å². The van der Waals surface area contributed by atoms with Crippen molar-refractivity contribution < 1.29 is 35.5 Å². The van der Waals surface area contributed by atoms with Gasteiger partial charge in [0.2, 0.25) is 10.0 Å². The van der Waals surface area contributed by atoms with E-state index in [4.69, 9.17) is 5.26 Å². The molecule has 0 amide bonds. The highest BCUT2D eigenvalue weighted by Crippen LogP contribution is 2.28. The Hall–Kier alpha value is -3.14. The lowest BCUT2D eigenvalue weighted by Gasteiger charge is -2.13. The standard InChI is InChI=1S/C17H18F4N4O4S/c1-4-29-16(26)7-12(17(19,20)21)10(3)23-24-15-8-14(25-30(27,28)5-2)11(9-22)6-13(15)18/h6-8,24-25H,4-5H2,1-3H3/b12-7-,23-10-. The van der Waals surface area contributed by atoms with Gasteiger partial charge in [-0.15, -0.1) is 0 Å². The van der Waals surface area contributed by atoms with E-state index in [0.717, 1.165) is 13.0 Å². The zero-order chi connectivity index (χ0) is 23.1. The predicted molar refractivity (Wildman–Crippen MR) is 102 cm³/mol. The fraction of sp³-hybridized carbons (Fsp3) is 0.353. The Balaban J connectivity index is 3.32. The van der Waals surface area contributed by atoms with Gasteiger partial charge in [0.05, 0.1) is 40.6 Å². The summed E-state index contributed by atoms with van der Waals surface area (Å²) in [5.41, 5.74) is -1.22. The molecule has 0 aliphatic rings. The van der Waals surface area contributed by atoms with E-state index in [0.29, 0.717) is 6.07 Å². The number of esters is 1. The van der Waals surface area contributed by atoms with Crippen LogP contribution in [-0.2, 0) is 19.6 Å². The number of hydrazone groups is 1. The van der Waals surface area contributed by atoms with Crippen LogP contribution in [0.25, 0.3) is 0 Å². The number of allylic oxidation sites excluding steroid dienone is 1. The molecular formula is C17H18F4N4O4S. The van der Waals surface area contributed by atoms with E-state index in [1.807, 2.05) is 5.43 Å². The van der Waals surface area contributed by atoms with Gasteiger partial charge in [0.25, 0.3) is 0 Å². The van der Waals surface area contributed by atoms with Crippen molar-refractivity contribution >= 4 is 33.1 Å². The zero-order valence-electron chi connectivity index (χ0n) is 16.1. The van der Waals surface area contributed by atoms with Gasteiger partial charge in [0.1, 0.15) is 11.9 Å². The zero-order valence-corrected chi connectivity index (χ0v) is 16.9. The molecular weight excluding hydrogens is 432 g/mol. The van der Waals surface area contributed by atoms with Crippen LogP contribution in [0.4, 0.5) is 28.9 Å². The molecule has 164 valence electrons. The first kappa shape index (κ1) is 24.9. The lowest BCUT2D eigenvalue weighted by molar-refractivity contribution is -0.138. The van der Waals surface area contributed by atoms with Gasteiger partial charge in [-0.2, -0.15) is 23.5 Å². The topological polar surface area (TPSA) is 121 Å². The van der Waals surface area contributed by atoms with Crippen molar-refractivity contribution in [3.63, 3.8) is 0 Å². The number of carbonyl (C=O) groups excluding carboxylic acids is 1. The van der Waals surface area contributed by atoms with Crippen LogP contribution < -0.4 is 10.1 Å². The summed E-state index contributed by atoms with van der Waals surface area (Å²) < 4.78 is 83.7. The molecule has 0 atom stereocenters. The number of benzene rings is 1. The van der Waals surface area contributed by atoms with Crippen molar-refractivity contribution in [2.75, 3.05) is 22.5 Å². The number of hydrogen-bond donors (Lipinski definition) is 2. The summed E-state index contributed by atoms with van der Waals surface area (Å²) in [5.74, 6) is -2.63. The van der Waals surface area contributed by atoms with Crippen LogP contribution in [0.15, 0.2) is 28.9 Å². The number of ether oxygens (including phenoxy) is 1. The van der Waals surface area contributed by atoms with Crippen molar-refractivity contribution in [1.82, 2.24) is 0 Å². The van der Waals surface area contributed by atoms with Crippen molar-refractivity contribution in [1.29, 1.82) is 5.26 Å². The third kappa shape index (κ3) is 7.03. The maximum absolute atomic E-state index is 14.2. The molecule has 0 saturated heterocycles. The average Bonchev–Trinajstić information content (AvgIpc) is 2.65. The monoisotopic (exact) mass is 450 g/mol. The second-order valence-electron chi connectivity index (χ2n) is 5.61. The smallest absolute Gasteiger partial charge is 0.418 e. The fourth-order valence-corrected chi connectivity index (χ4v) is 2.62. The Bertz CT molecular complexity index is 1010. The van der Waals surface area contributed by atoms with Gasteiger partial charge in [-0.25, -0.2) is 17.6 Å². The Morgan fingerprint density at radius 1 is 1.30 bits per heavy atom. The number of nitriles is 1. The largest absolute Gasteiger partial charge is 0.463 e. The van der Waals surface area contributed by atoms with E-state index in [9.17, 15) is 30.8 Å². The number of anilines is 2. The molecule has 0 radical (unpaired) electrons. The summed E-state index contributed by atoms with van der Waals surface area (Å²) in [6.07, 6.45) is -4.74. The molecule has 8 nitrogen and oxygen atoms in total. The molecule has 1 aromatic rings. The molecule has 13 heteroatoms. The number of nitrogens with one attached hydrogen (secondary N) is 2. The van der Waals surface area contributed by atoms with Crippen LogP contribution >= 0.6 is 0 Å². The summed E-state index contributed by atoms with van der Waals surface area (Å²) >= 11 is 0. The minimum absolute atomic E-state index is 0.137. The van der Waals surface area contributed by atoms with Gasteiger partial charge in [-0.3, -0.25) is 10.1 Å². The van der Waals surface area contributed by atoms with Crippen LogP contribution in [-0.4, -0.2) is 38.6 Å². The summed E-state index contributed by atoms with van der Waals surface area (Å²) in [4.78, 5) is 11.4. The summed E-state index contributed by atoms with van der Waals surface area (Å²) in [5, 5.41) is 12.5. The van der Waals surface area contributed by atoms with Crippen LogP contribution in [0.3, 0.4) is 0 Å². The molecule has 2 N–H and O–H groups in total. The minimum atomic E-state index is -4.95. The molecule has 0 bridgehead atoms. The van der Waals surface area contributed by atoms with Crippen molar-refractivity contribution in [3.05, 3.63) is 35.2 Å². The SMILES string of the molecule is CCOC(=O)/C=C(/C(C)=N\Nc1cc(NS(=O)(=O)CC)c(C#N)cc1F)C(F)(F)F. The van der Waals surface area contributed by atoms with Gasteiger partial charge in [0, 0.05) is 6.08 Å². The number of nitrogens with zero attached hydrogens (tertiary/aromatic N) is 2. The van der Waals surface area contributed by atoms with Crippen LogP contribution in [0, 0.1) is 17.1 Å². The van der Waals surface area contributed by atoms with Gasteiger partial charge < -0.3 is 4.74 Å². The molecule has 30 heavy (non-hydrogen) atoms.